The fraction of sp³-hybridized carbons (Fsp3) is 0.833. The maximum atomic E-state index is 5.16. The van der Waals surface area contributed by atoms with Crippen molar-refractivity contribution in [3.63, 3.8) is 0 Å². The molecule has 0 unspecified atom stereocenters. The molecular weight excluding hydrogens is 172 g/mol. The first-order valence-corrected chi connectivity index (χ1v) is 5.51. The Bertz CT molecular complexity index is 193. The molecule has 0 atom stereocenters. The van der Waals surface area contributed by atoms with Crippen LogP contribution in [0.25, 0.3) is 0 Å². The van der Waals surface area contributed by atoms with Gasteiger partial charge in [-0.1, -0.05) is 19.8 Å². The van der Waals surface area contributed by atoms with Gasteiger partial charge in [0.1, 0.15) is 0 Å². The third-order valence-corrected chi connectivity index (χ3v) is 3.04. The molecule has 0 aromatic heterocycles. The highest BCUT2D eigenvalue weighted by molar-refractivity contribution is 4.86. The van der Waals surface area contributed by atoms with Crippen LogP contribution in [0.4, 0.5) is 0 Å². The van der Waals surface area contributed by atoms with Gasteiger partial charge in [0.05, 0.1) is 6.54 Å². The molecule has 1 aliphatic rings. The summed E-state index contributed by atoms with van der Waals surface area (Å²) in [6.07, 6.45) is 7.80. The molecule has 0 spiro atoms. The Hall–Kier alpha value is -0.520. The number of likely N-dealkylation sites (tertiary alicyclic amines) is 1. The summed E-state index contributed by atoms with van der Waals surface area (Å²) in [6.45, 7) is 10.1. The zero-order chi connectivity index (χ0) is 10.4. The first kappa shape index (κ1) is 11.6. The van der Waals surface area contributed by atoms with E-state index >= 15 is 0 Å². The minimum atomic E-state index is 0.558. The second kappa shape index (κ2) is 5.38. The van der Waals surface area contributed by atoms with E-state index < -0.39 is 0 Å². The van der Waals surface area contributed by atoms with Gasteiger partial charge in [-0.3, -0.25) is 0 Å². The van der Waals surface area contributed by atoms with Crippen molar-refractivity contribution in [1.82, 2.24) is 10.2 Å². The molecular formula is C12H22N2. The van der Waals surface area contributed by atoms with Gasteiger partial charge < -0.3 is 10.2 Å². The van der Waals surface area contributed by atoms with Gasteiger partial charge in [-0.2, -0.15) is 0 Å². The monoisotopic (exact) mass is 194 g/mol. The Labute approximate surface area is 88.1 Å². The predicted octanol–water partition coefficient (Wildman–Crippen LogP) is 1.33. The lowest BCUT2D eigenvalue weighted by Gasteiger charge is -2.36. The van der Waals surface area contributed by atoms with Crippen LogP contribution < -0.4 is 5.32 Å². The zero-order valence-corrected chi connectivity index (χ0v) is 9.47. The molecule has 0 saturated carbocycles. The lowest BCUT2D eigenvalue weighted by atomic mass is 9.83. The Kier molecular flexibility index (Phi) is 4.44. The van der Waals surface area contributed by atoms with Crippen molar-refractivity contribution < 1.29 is 0 Å². The van der Waals surface area contributed by atoms with E-state index in [1.807, 2.05) is 0 Å². The van der Waals surface area contributed by atoms with Crippen LogP contribution in [0.2, 0.25) is 0 Å². The van der Waals surface area contributed by atoms with E-state index in [0.29, 0.717) is 12.0 Å². The first-order chi connectivity index (χ1) is 6.64. The zero-order valence-electron chi connectivity index (χ0n) is 9.47. The van der Waals surface area contributed by atoms with Crippen molar-refractivity contribution in [1.29, 1.82) is 0 Å². The van der Waals surface area contributed by atoms with E-state index in [1.165, 1.54) is 25.9 Å². The summed E-state index contributed by atoms with van der Waals surface area (Å²) in [6, 6.07) is 0. The number of nitrogens with one attached hydrogen (secondary N) is 1. The van der Waals surface area contributed by atoms with E-state index in [-0.39, 0.29) is 0 Å². The number of nitrogens with zero attached hydrogens (tertiary/aromatic N) is 1. The summed E-state index contributed by atoms with van der Waals surface area (Å²) < 4.78 is 0. The van der Waals surface area contributed by atoms with Crippen molar-refractivity contribution >= 4 is 0 Å². The van der Waals surface area contributed by atoms with Gasteiger partial charge in [-0.25, -0.2) is 0 Å². The number of piperidine rings is 1. The standard InChI is InChI=1S/C12H22N2/c1-4-7-13-8-11-14-9-5-12(2,3)6-10-14/h1,13H,5-11H2,2-3H3. The summed E-state index contributed by atoms with van der Waals surface area (Å²) in [4.78, 5) is 2.52. The molecule has 2 nitrogen and oxygen atoms in total. The van der Waals surface area contributed by atoms with Crippen molar-refractivity contribution in [3.8, 4) is 12.3 Å². The summed E-state index contributed by atoms with van der Waals surface area (Å²) in [5.74, 6) is 2.59. The summed E-state index contributed by atoms with van der Waals surface area (Å²) >= 11 is 0. The van der Waals surface area contributed by atoms with Gasteiger partial charge in [-0.15, -0.1) is 6.42 Å². The second-order valence-electron chi connectivity index (χ2n) is 4.89. The third-order valence-electron chi connectivity index (χ3n) is 3.04. The Morgan fingerprint density at radius 1 is 1.36 bits per heavy atom. The molecule has 1 rings (SSSR count). The van der Waals surface area contributed by atoms with Crippen LogP contribution in [-0.2, 0) is 0 Å². The molecule has 1 fully saturated rings. The van der Waals surface area contributed by atoms with E-state index in [4.69, 9.17) is 6.42 Å². The largest absolute Gasteiger partial charge is 0.305 e. The highest BCUT2D eigenvalue weighted by Crippen LogP contribution is 2.29. The maximum Gasteiger partial charge on any atom is 0.0574 e. The molecule has 1 heterocycles. The van der Waals surface area contributed by atoms with Gasteiger partial charge in [0.25, 0.3) is 0 Å². The molecule has 0 bridgehead atoms. The van der Waals surface area contributed by atoms with Gasteiger partial charge in [0.2, 0.25) is 0 Å². The van der Waals surface area contributed by atoms with Crippen molar-refractivity contribution in [2.45, 2.75) is 26.7 Å². The van der Waals surface area contributed by atoms with Crippen LogP contribution in [-0.4, -0.2) is 37.6 Å². The fourth-order valence-electron chi connectivity index (χ4n) is 1.78. The summed E-state index contributed by atoms with van der Waals surface area (Å²) in [5.41, 5.74) is 0.558. The van der Waals surface area contributed by atoms with Crippen LogP contribution >= 0.6 is 0 Å². The van der Waals surface area contributed by atoms with Crippen LogP contribution in [0.15, 0.2) is 0 Å². The lowest BCUT2D eigenvalue weighted by molar-refractivity contribution is 0.134. The molecule has 14 heavy (non-hydrogen) atoms. The summed E-state index contributed by atoms with van der Waals surface area (Å²) in [7, 11) is 0. The average Bonchev–Trinajstić information content (AvgIpc) is 2.15. The Balaban J connectivity index is 2.08. The lowest BCUT2D eigenvalue weighted by Crippen LogP contribution is -2.40. The SMILES string of the molecule is C#CCNCCN1CCC(C)(C)CC1. The number of hydrogen-bond acceptors (Lipinski definition) is 2. The predicted molar refractivity (Wildman–Crippen MR) is 61.2 cm³/mol. The van der Waals surface area contributed by atoms with Crippen molar-refractivity contribution in [2.75, 3.05) is 32.7 Å². The minimum Gasteiger partial charge on any atom is -0.305 e. The molecule has 0 aliphatic carbocycles. The Morgan fingerprint density at radius 2 is 2.00 bits per heavy atom. The second-order valence-corrected chi connectivity index (χ2v) is 4.89. The van der Waals surface area contributed by atoms with Crippen LogP contribution in [0.5, 0.6) is 0 Å². The highest BCUT2D eigenvalue weighted by atomic mass is 15.1. The normalized spacial score (nSPS) is 21.8. The van der Waals surface area contributed by atoms with E-state index in [2.05, 4.69) is 30.0 Å². The number of rotatable bonds is 4. The van der Waals surface area contributed by atoms with Gasteiger partial charge in [0, 0.05) is 13.1 Å². The number of terminal acetylenes is 1. The Morgan fingerprint density at radius 3 is 2.57 bits per heavy atom. The van der Waals surface area contributed by atoms with Gasteiger partial charge in [-0.05, 0) is 31.3 Å². The summed E-state index contributed by atoms with van der Waals surface area (Å²) in [5, 5.41) is 3.23. The molecule has 2 heteroatoms. The third kappa shape index (κ3) is 4.13. The number of hydrogen-bond donors (Lipinski definition) is 1. The quantitative estimate of drug-likeness (QED) is 0.536. The highest BCUT2D eigenvalue weighted by Gasteiger charge is 2.24. The van der Waals surface area contributed by atoms with E-state index in [0.717, 1.165) is 13.1 Å². The molecule has 0 radical (unpaired) electrons. The van der Waals surface area contributed by atoms with Crippen LogP contribution in [0.1, 0.15) is 26.7 Å². The molecule has 1 aliphatic heterocycles. The molecule has 0 aromatic rings. The van der Waals surface area contributed by atoms with Crippen molar-refractivity contribution in [3.05, 3.63) is 0 Å². The average molecular weight is 194 g/mol. The van der Waals surface area contributed by atoms with Crippen LogP contribution in [0, 0.1) is 17.8 Å². The van der Waals surface area contributed by atoms with Crippen molar-refractivity contribution in [2.24, 2.45) is 5.41 Å². The van der Waals surface area contributed by atoms with Gasteiger partial charge in [0.15, 0.2) is 0 Å². The fourth-order valence-corrected chi connectivity index (χ4v) is 1.78. The minimum absolute atomic E-state index is 0.558. The van der Waals surface area contributed by atoms with E-state index in [9.17, 15) is 0 Å². The molecule has 1 saturated heterocycles. The maximum absolute atomic E-state index is 5.16. The molecule has 1 N–H and O–H groups in total. The first-order valence-electron chi connectivity index (χ1n) is 5.51. The smallest absolute Gasteiger partial charge is 0.0574 e. The molecule has 80 valence electrons. The molecule has 0 amide bonds. The van der Waals surface area contributed by atoms with Crippen LogP contribution in [0.3, 0.4) is 0 Å². The molecule has 0 aromatic carbocycles. The van der Waals surface area contributed by atoms with Gasteiger partial charge >= 0.3 is 0 Å². The topological polar surface area (TPSA) is 15.3 Å². The van der Waals surface area contributed by atoms with E-state index in [1.54, 1.807) is 0 Å².